The Bertz CT molecular complexity index is 464. The number of thiazole rings is 1. The molecule has 0 radical (unpaired) electrons. The largest absolute Gasteiger partial charge is 0.396 e. The van der Waals surface area contributed by atoms with Crippen LogP contribution in [-0.4, -0.2) is 16.7 Å². The predicted octanol–water partition coefficient (Wildman–Crippen LogP) is 3.04. The highest BCUT2D eigenvalue weighted by atomic mass is 32.1. The summed E-state index contributed by atoms with van der Waals surface area (Å²) in [5.41, 5.74) is 3.47. The van der Waals surface area contributed by atoms with Crippen LogP contribution in [0.2, 0.25) is 0 Å². The molecule has 0 fully saturated rings. The van der Waals surface area contributed by atoms with Gasteiger partial charge in [0, 0.05) is 24.0 Å². The topological polar surface area (TPSA) is 33.1 Å². The van der Waals surface area contributed by atoms with Crippen LogP contribution in [-0.2, 0) is 6.42 Å². The molecule has 0 atom stereocenters. The van der Waals surface area contributed by atoms with Crippen molar-refractivity contribution in [3.05, 3.63) is 40.2 Å². The fourth-order valence-corrected chi connectivity index (χ4v) is 2.44. The molecule has 0 aliphatic carbocycles. The molecule has 0 spiro atoms. The average molecular weight is 233 g/mol. The van der Waals surface area contributed by atoms with Crippen molar-refractivity contribution in [2.24, 2.45) is 0 Å². The standard InChI is InChI=1S/C13H15NOS/c1-10-4-2-5-11(8-10)12-9-16-13(14-12)6-3-7-15/h2,4-5,8-9,15H,3,6-7H2,1H3. The SMILES string of the molecule is Cc1cccc(-c2csc(CCCO)n2)c1. The average Bonchev–Trinajstić information content (AvgIpc) is 2.75. The van der Waals surface area contributed by atoms with E-state index < -0.39 is 0 Å². The normalized spacial score (nSPS) is 10.6. The van der Waals surface area contributed by atoms with E-state index in [1.165, 1.54) is 11.1 Å². The van der Waals surface area contributed by atoms with E-state index in [0.29, 0.717) is 0 Å². The summed E-state index contributed by atoms with van der Waals surface area (Å²) in [4.78, 5) is 4.57. The number of benzene rings is 1. The van der Waals surface area contributed by atoms with Gasteiger partial charge in [-0.25, -0.2) is 4.98 Å². The molecule has 0 saturated carbocycles. The minimum absolute atomic E-state index is 0.235. The number of hydrogen-bond donors (Lipinski definition) is 1. The van der Waals surface area contributed by atoms with Crippen LogP contribution in [0.3, 0.4) is 0 Å². The van der Waals surface area contributed by atoms with Gasteiger partial charge in [0.05, 0.1) is 10.7 Å². The lowest BCUT2D eigenvalue weighted by molar-refractivity contribution is 0.288. The summed E-state index contributed by atoms with van der Waals surface area (Å²) < 4.78 is 0. The maximum Gasteiger partial charge on any atom is 0.0933 e. The van der Waals surface area contributed by atoms with Crippen molar-refractivity contribution in [2.75, 3.05) is 6.61 Å². The maximum absolute atomic E-state index is 8.76. The fourth-order valence-electron chi connectivity index (χ4n) is 1.59. The fraction of sp³-hybridized carbons (Fsp3) is 0.308. The zero-order valence-electron chi connectivity index (χ0n) is 9.31. The number of nitrogens with zero attached hydrogens (tertiary/aromatic N) is 1. The van der Waals surface area contributed by atoms with Crippen LogP contribution in [0, 0.1) is 6.92 Å². The smallest absolute Gasteiger partial charge is 0.0933 e. The Kier molecular flexibility index (Phi) is 3.70. The van der Waals surface area contributed by atoms with Gasteiger partial charge in [-0.3, -0.25) is 0 Å². The van der Waals surface area contributed by atoms with Gasteiger partial charge in [0.2, 0.25) is 0 Å². The Morgan fingerprint density at radius 3 is 3.00 bits per heavy atom. The van der Waals surface area contributed by atoms with Gasteiger partial charge in [0.1, 0.15) is 0 Å². The van der Waals surface area contributed by atoms with Gasteiger partial charge >= 0.3 is 0 Å². The Balaban J connectivity index is 2.18. The second-order valence-corrected chi connectivity index (χ2v) is 4.77. The van der Waals surface area contributed by atoms with Crippen molar-refractivity contribution < 1.29 is 5.11 Å². The molecule has 2 nitrogen and oxygen atoms in total. The Morgan fingerprint density at radius 1 is 1.38 bits per heavy atom. The molecule has 2 aromatic rings. The first-order chi connectivity index (χ1) is 7.79. The molecule has 0 amide bonds. The molecule has 0 bridgehead atoms. The van der Waals surface area contributed by atoms with Crippen LogP contribution in [0.15, 0.2) is 29.6 Å². The summed E-state index contributed by atoms with van der Waals surface area (Å²) in [6, 6.07) is 8.36. The number of aliphatic hydroxyl groups is 1. The first-order valence-corrected chi connectivity index (χ1v) is 6.30. The highest BCUT2D eigenvalue weighted by molar-refractivity contribution is 7.09. The highest BCUT2D eigenvalue weighted by Crippen LogP contribution is 2.23. The van der Waals surface area contributed by atoms with Crippen molar-refractivity contribution in [3.8, 4) is 11.3 Å². The van der Waals surface area contributed by atoms with E-state index in [0.717, 1.165) is 23.5 Å². The molecule has 0 aliphatic heterocycles. The first-order valence-electron chi connectivity index (χ1n) is 5.42. The first kappa shape index (κ1) is 11.3. The molecule has 2 rings (SSSR count). The third kappa shape index (κ3) is 2.68. The van der Waals surface area contributed by atoms with Gasteiger partial charge in [-0.1, -0.05) is 23.8 Å². The van der Waals surface area contributed by atoms with Gasteiger partial charge in [-0.15, -0.1) is 11.3 Å². The molecule has 0 aliphatic rings. The maximum atomic E-state index is 8.76. The second-order valence-electron chi connectivity index (χ2n) is 3.82. The lowest BCUT2D eigenvalue weighted by Gasteiger charge is -1.97. The van der Waals surface area contributed by atoms with Crippen LogP contribution in [0.1, 0.15) is 17.0 Å². The van der Waals surface area contributed by atoms with E-state index in [-0.39, 0.29) is 6.61 Å². The lowest BCUT2D eigenvalue weighted by Crippen LogP contribution is -1.88. The zero-order valence-corrected chi connectivity index (χ0v) is 10.1. The molecule has 1 heterocycles. The number of hydrogen-bond acceptors (Lipinski definition) is 3. The molecule has 0 saturated heterocycles. The summed E-state index contributed by atoms with van der Waals surface area (Å²) in [5.74, 6) is 0. The minimum atomic E-state index is 0.235. The van der Waals surface area contributed by atoms with Crippen LogP contribution in [0.4, 0.5) is 0 Å². The summed E-state index contributed by atoms with van der Waals surface area (Å²) in [6.07, 6.45) is 1.66. The van der Waals surface area contributed by atoms with E-state index in [2.05, 4.69) is 41.6 Å². The molecule has 0 unspecified atom stereocenters. The second kappa shape index (κ2) is 5.23. The molecule has 1 aromatic carbocycles. The molecule has 16 heavy (non-hydrogen) atoms. The third-order valence-corrected chi connectivity index (χ3v) is 3.32. The summed E-state index contributed by atoms with van der Waals surface area (Å²) >= 11 is 1.67. The quantitative estimate of drug-likeness (QED) is 0.880. The molecular weight excluding hydrogens is 218 g/mol. The van der Waals surface area contributed by atoms with E-state index >= 15 is 0 Å². The van der Waals surface area contributed by atoms with Crippen molar-refractivity contribution in [1.29, 1.82) is 0 Å². The van der Waals surface area contributed by atoms with Gasteiger partial charge in [-0.05, 0) is 19.4 Å². The van der Waals surface area contributed by atoms with E-state index in [9.17, 15) is 0 Å². The number of rotatable bonds is 4. The summed E-state index contributed by atoms with van der Waals surface area (Å²) in [6.45, 7) is 2.32. The monoisotopic (exact) mass is 233 g/mol. The van der Waals surface area contributed by atoms with Crippen molar-refractivity contribution in [2.45, 2.75) is 19.8 Å². The van der Waals surface area contributed by atoms with Crippen molar-refractivity contribution in [1.82, 2.24) is 4.98 Å². The Hall–Kier alpha value is -1.19. The summed E-state index contributed by atoms with van der Waals surface area (Å²) in [5, 5.41) is 12.0. The molecular formula is C13H15NOS. The minimum Gasteiger partial charge on any atom is -0.396 e. The van der Waals surface area contributed by atoms with Gasteiger partial charge < -0.3 is 5.11 Å². The van der Waals surface area contributed by atoms with E-state index in [1.807, 2.05) is 0 Å². The Labute approximate surface area is 99.6 Å². The molecule has 3 heteroatoms. The van der Waals surface area contributed by atoms with Gasteiger partial charge in [0.25, 0.3) is 0 Å². The number of aromatic nitrogens is 1. The van der Waals surface area contributed by atoms with Gasteiger partial charge in [0.15, 0.2) is 0 Å². The van der Waals surface area contributed by atoms with Crippen LogP contribution < -0.4 is 0 Å². The van der Waals surface area contributed by atoms with E-state index in [1.54, 1.807) is 11.3 Å². The number of aliphatic hydroxyl groups excluding tert-OH is 1. The van der Waals surface area contributed by atoms with Crippen molar-refractivity contribution in [3.63, 3.8) is 0 Å². The van der Waals surface area contributed by atoms with Crippen molar-refractivity contribution >= 4 is 11.3 Å². The predicted molar refractivity (Wildman–Crippen MR) is 67.7 cm³/mol. The van der Waals surface area contributed by atoms with E-state index in [4.69, 9.17) is 5.11 Å². The van der Waals surface area contributed by atoms with Crippen LogP contribution in [0.5, 0.6) is 0 Å². The third-order valence-electron chi connectivity index (χ3n) is 2.41. The zero-order chi connectivity index (χ0) is 11.4. The summed E-state index contributed by atoms with van der Waals surface area (Å²) in [7, 11) is 0. The van der Waals surface area contributed by atoms with Crippen LogP contribution in [0.25, 0.3) is 11.3 Å². The Morgan fingerprint density at radius 2 is 2.25 bits per heavy atom. The molecule has 1 aromatic heterocycles. The molecule has 84 valence electrons. The van der Waals surface area contributed by atoms with Crippen LogP contribution >= 0.6 is 11.3 Å². The highest BCUT2D eigenvalue weighted by Gasteiger charge is 2.04. The van der Waals surface area contributed by atoms with Gasteiger partial charge in [-0.2, -0.15) is 0 Å². The molecule has 1 N–H and O–H groups in total. The lowest BCUT2D eigenvalue weighted by atomic mass is 10.1. The number of aryl methyl sites for hydroxylation is 2.